The Kier molecular flexibility index (Phi) is 7.49. The van der Waals surface area contributed by atoms with Gasteiger partial charge in [-0.05, 0) is 42.9 Å². The molecule has 1 atom stereocenters. The van der Waals surface area contributed by atoms with Crippen molar-refractivity contribution in [1.82, 2.24) is 5.32 Å². The first-order chi connectivity index (χ1) is 9.31. The molecule has 120 valence electrons. The third-order valence-corrected chi connectivity index (χ3v) is 5.01. The van der Waals surface area contributed by atoms with E-state index in [-0.39, 0.29) is 5.41 Å². The Balaban J connectivity index is 2.10. The zero-order valence-corrected chi connectivity index (χ0v) is 14.1. The van der Waals surface area contributed by atoms with E-state index in [0.717, 1.165) is 25.3 Å². The SMILES string of the molecule is CC1CCC(OCC(O)CNCC(C)(C)C(C)C)CC1. The second kappa shape index (κ2) is 8.35. The van der Waals surface area contributed by atoms with Crippen molar-refractivity contribution in [2.45, 2.75) is 72.5 Å². The standard InChI is InChI=1S/C17H35NO2/c1-13(2)17(4,5)12-18-10-15(19)11-20-16-8-6-14(3)7-9-16/h13-16,18-19H,6-12H2,1-5H3. The first-order valence-electron chi connectivity index (χ1n) is 8.31. The highest BCUT2D eigenvalue weighted by Crippen LogP contribution is 2.26. The molecule has 0 saturated heterocycles. The summed E-state index contributed by atoms with van der Waals surface area (Å²) in [7, 11) is 0. The predicted molar refractivity (Wildman–Crippen MR) is 84.9 cm³/mol. The molecule has 0 heterocycles. The zero-order chi connectivity index (χ0) is 15.2. The molecule has 0 aromatic carbocycles. The van der Waals surface area contributed by atoms with Gasteiger partial charge in [-0.1, -0.05) is 34.6 Å². The molecule has 0 aliphatic heterocycles. The van der Waals surface area contributed by atoms with Crippen LogP contribution in [0.3, 0.4) is 0 Å². The molecule has 0 bridgehead atoms. The second-order valence-corrected chi connectivity index (χ2v) is 7.64. The Morgan fingerprint density at radius 2 is 1.80 bits per heavy atom. The van der Waals surface area contributed by atoms with E-state index in [1.807, 2.05) is 0 Å². The van der Waals surface area contributed by atoms with Crippen LogP contribution >= 0.6 is 0 Å². The molecule has 0 radical (unpaired) electrons. The van der Waals surface area contributed by atoms with Gasteiger partial charge in [0.25, 0.3) is 0 Å². The highest BCUT2D eigenvalue weighted by molar-refractivity contribution is 4.76. The summed E-state index contributed by atoms with van der Waals surface area (Å²) in [6.07, 6.45) is 4.82. The van der Waals surface area contributed by atoms with Gasteiger partial charge < -0.3 is 15.2 Å². The molecule has 1 aliphatic carbocycles. The molecule has 0 aromatic rings. The van der Waals surface area contributed by atoms with Gasteiger partial charge in [-0.3, -0.25) is 0 Å². The van der Waals surface area contributed by atoms with Crippen LogP contribution in [0.1, 0.15) is 60.3 Å². The molecular weight excluding hydrogens is 250 g/mol. The lowest BCUT2D eigenvalue weighted by Crippen LogP contribution is -2.39. The van der Waals surface area contributed by atoms with Crippen LogP contribution in [0.25, 0.3) is 0 Å². The minimum atomic E-state index is -0.391. The molecule has 3 nitrogen and oxygen atoms in total. The van der Waals surface area contributed by atoms with Crippen molar-refractivity contribution in [3.8, 4) is 0 Å². The van der Waals surface area contributed by atoms with Crippen molar-refractivity contribution in [1.29, 1.82) is 0 Å². The van der Waals surface area contributed by atoms with E-state index in [1.165, 1.54) is 12.8 Å². The van der Waals surface area contributed by atoms with Gasteiger partial charge in [0, 0.05) is 13.1 Å². The maximum Gasteiger partial charge on any atom is 0.0897 e. The Labute approximate surface area is 125 Å². The largest absolute Gasteiger partial charge is 0.389 e. The number of hydrogen-bond donors (Lipinski definition) is 2. The minimum Gasteiger partial charge on any atom is -0.389 e. The number of nitrogens with one attached hydrogen (secondary N) is 1. The topological polar surface area (TPSA) is 41.5 Å². The summed E-state index contributed by atoms with van der Waals surface area (Å²) < 4.78 is 5.83. The van der Waals surface area contributed by atoms with Crippen molar-refractivity contribution in [2.75, 3.05) is 19.7 Å². The quantitative estimate of drug-likeness (QED) is 0.719. The van der Waals surface area contributed by atoms with E-state index >= 15 is 0 Å². The van der Waals surface area contributed by atoms with Gasteiger partial charge in [0.15, 0.2) is 0 Å². The monoisotopic (exact) mass is 285 g/mol. The number of ether oxygens (including phenoxy) is 1. The third kappa shape index (κ3) is 6.55. The van der Waals surface area contributed by atoms with E-state index in [2.05, 4.69) is 39.9 Å². The normalized spacial score (nSPS) is 25.9. The van der Waals surface area contributed by atoms with Gasteiger partial charge in [-0.25, -0.2) is 0 Å². The lowest BCUT2D eigenvalue weighted by atomic mass is 9.81. The molecule has 0 aromatic heterocycles. The van der Waals surface area contributed by atoms with E-state index in [1.54, 1.807) is 0 Å². The average molecular weight is 285 g/mol. The second-order valence-electron chi connectivity index (χ2n) is 7.64. The van der Waals surface area contributed by atoms with E-state index < -0.39 is 6.10 Å². The first-order valence-corrected chi connectivity index (χ1v) is 8.31. The molecule has 2 N–H and O–H groups in total. The molecule has 20 heavy (non-hydrogen) atoms. The molecule has 0 amide bonds. The van der Waals surface area contributed by atoms with Crippen LogP contribution < -0.4 is 5.32 Å². The predicted octanol–water partition coefficient (Wildman–Crippen LogP) is 3.21. The maximum atomic E-state index is 9.98. The Morgan fingerprint density at radius 1 is 1.20 bits per heavy atom. The van der Waals surface area contributed by atoms with Crippen LogP contribution in [0.15, 0.2) is 0 Å². The zero-order valence-electron chi connectivity index (χ0n) is 14.1. The number of aliphatic hydroxyl groups is 1. The third-order valence-electron chi connectivity index (χ3n) is 5.01. The van der Waals surface area contributed by atoms with E-state index in [0.29, 0.717) is 25.2 Å². The Hall–Kier alpha value is -0.120. The minimum absolute atomic E-state index is 0.264. The van der Waals surface area contributed by atoms with Crippen LogP contribution in [-0.4, -0.2) is 37.0 Å². The molecule has 1 saturated carbocycles. The summed E-state index contributed by atoms with van der Waals surface area (Å²) in [5.41, 5.74) is 0.264. The van der Waals surface area contributed by atoms with Crippen molar-refractivity contribution < 1.29 is 9.84 Å². The molecule has 0 spiro atoms. The van der Waals surface area contributed by atoms with Gasteiger partial charge in [-0.2, -0.15) is 0 Å². The fourth-order valence-electron chi connectivity index (χ4n) is 2.47. The van der Waals surface area contributed by atoms with Crippen LogP contribution in [0, 0.1) is 17.3 Å². The average Bonchev–Trinajstić information content (AvgIpc) is 2.37. The lowest BCUT2D eigenvalue weighted by molar-refractivity contribution is -0.0283. The van der Waals surface area contributed by atoms with Gasteiger partial charge in [0.1, 0.15) is 0 Å². The fourth-order valence-corrected chi connectivity index (χ4v) is 2.47. The van der Waals surface area contributed by atoms with Gasteiger partial charge in [-0.15, -0.1) is 0 Å². The lowest BCUT2D eigenvalue weighted by Gasteiger charge is -2.30. The summed E-state index contributed by atoms with van der Waals surface area (Å²) >= 11 is 0. The highest BCUT2D eigenvalue weighted by Gasteiger charge is 2.22. The summed E-state index contributed by atoms with van der Waals surface area (Å²) in [6.45, 7) is 13.3. The molecule has 1 unspecified atom stereocenters. The number of rotatable bonds is 8. The Morgan fingerprint density at radius 3 is 2.35 bits per heavy atom. The fraction of sp³-hybridized carbons (Fsp3) is 1.00. The molecular formula is C17H35NO2. The number of aliphatic hydroxyl groups excluding tert-OH is 1. The van der Waals surface area contributed by atoms with E-state index in [4.69, 9.17) is 4.74 Å². The van der Waals surface area contributed by atoms with Crippen LogP contribution in [-0.2, 0) is 4.74 Å². The summed E-state index contributed by atoms with van der Waals surface area (Å²) in [4.78, 5) is 0. The van der Waals surface area contributed by atoms with Crippen LogP contribution in [0.5, 0.6) is 0 Å². The summed E-state index contributed by atoms with van der Waals surface area (Å²) in [5.74, 6) is 1.48. The van der Waals surface area contributed by atoms with Gasteiger partial charge in [0.2, 0.25) is 0 Å². The smallest absolute Gasteiger partial charge is 0.0897 e. The van der Waals surface area contributed by atoms with E-state index in [9.17, 15) is 5.11 Å². The first kappa shape index (κ1) is 17.9. The molecule has 1 fully saturated rings. The van der Waals surface area contributed by atoms with Gasteiger partial charge >= 0.3 is 0 Å². The Bertz CT molecular complexity index is 258. The summed E-state index contributed by atoms with van der Waals surface area (Å²) in [5, 5.41) is 13.4. The highest BCUT2D eigenvalue weighted by atomic mass is 16.5. The van der Waals surface area contributed by atoms with Crippen molar-refractivity contribution >= 4 is 0 Å². The summed E-state index contributed by atoms with van der Waals surface area (Å²) in [6, 6.07) is 0. The van der Waals surface area contributed by atoms with Crippen molar-refractivity contribution in [3.63, 3.8) is 0 Å². The number of hydrogen-bond acceptors (Lipinski definition) is 3. The van der Waals surface area contributed by atoms with Crippen LogP contribution in [0.4, 0.5) is 0 Å². The van der Waals surface area contributed by atoms with Gasteiger partial charge in [0.05, 0.1) is 18.8 Å². The van der Waals surface area contributed by atoms with Crippen molar-refractivity contribution in [3.05, 3.63) is 0 Å². The molecule has 1 rings (SSSR count). The maximum absolute atomic E-state index is 9.98. The van der Waals surface area contributed by atoms with Crippen LogP contribution in [0.2, 0.25) is 0 Å². The molecule has 1 aliphatic rings. The molecule has 3 heteroatoms. The van der Waals surface area contributed by atoms with Crippen molar-refractivity contribution in [2.24, 2.45) is 17.3 Å².